The predicted octanol–water partition coefficient (Wildman–Crippen LogP) is 6.21. The van der Waals surface area contributed by atoms with Gasteiger partial charge in [0.1, 0.15) is 6.61 Å². The molecule has 2 aliphatic rings. The minimum Gasteiger partial charge on any atom is -0.481 e. The number of esters is 1. The quantitative estimate of drug-likeness (QED) is 0.0457. The van der Waals surface area contributed by atoms with Crippen molar-refractivity contribution in [1.29, 1.82) is 0 Å². The van der Waals surface area contributed by atoms with Gasteiger partial charge in [-0.1, -0.05) is 39.0 Å². The topological polar surface area (TPSA) is 182 Å². The zero-order valence-corrected chi connectivity index (χ0v) is 29.9. The highest BCUT2D eigenvalue weighted by atomic mass is 32.2. The van der Waals surface area contributed by atoms with Gasteiger partial charge in [-0.3, -0.25) is 28.6 Å². The summed E-state index contributed by atoms with van der Waals surface area (Å²) in [5, 5.41) is 28.0. The number of aliphatic carboxylic acids is 3. The molecular formula is C35H62N2O10S. The van der Waals surface area contributed by atoms with Crippen LogP contribution in [0.5, 0.6) is 0 Å². The molecule has 0 amide bonds. The van der Waals surface area contributed by atoms with E-state index in [0.717, 1.165) is 45.1 Å². The number of likely N-dealkylation sites (tertiary alicyclic amines) is 1. The average Bonchev–Trinajstić information content (AvgIpc) is 3.02. The lowest BCUT2D eigenvalue weighted by Gasteiger charge is -2.50. The number of carboxylic acids is 3. The second-order valence-corrected chi connectivity index (χ2v) is 15.0. The molecular weight excluding hydrogens is 640 g/mol. The zero-order valence-electron chi connectivity index (χ0n) is 29.1. The van der Waals surface area contributed by atoms with Gasteiger partial charge < -0.3 is 20.1 Å². The van der Waals surface area contributed by atoms with Crippen LogP contribution in [0.2, 0.25) is 0 Å². The Kier molecular flexibility index (Phi) is 21.1. The Labute approximate surface area is 289 Å². The third-order valence-corrected chi connectivity index (χ3v) is 11.1. The lowest BCUT2D eigenvalue weighted by atomic mass is 9.68. The Morgan fingerprint density at radius 3 is 1.94 bits per heavy atom. The Hall–Kier alpha value is -2.09. The smallest absolute Gasteiger partial charge is 0.305 e. The molecule has 12 nitrogen and oxygen atoms in total. The van der Waals surface area contributed by atoms with Gasteiger partial charge in [0.2, 0.25) is 11.3 Å². The first kappa shape index (κ1) is 42.1. The highest BCUT2D eigenvalue weighted by Gasteiger charge is 2.43. The van der Waals surface area contributed by atoms with Gasteiger partial charge in [0.05, 0.1) is 0 Å². The van der Waals surface area contributed by atoms with Crippen LogP contribution in [0, 0.1) is 23.7 Å². The fourth-order valence-electron chi connectivity index (χ4n) is 7.92. The summed E-state index contributed by atoms with van der Waals surface area (Å²) in [5.74, 6) is -2.24. The fourth-order valence-corrected chi connectivity index (χ4v) is 8.54. The van der Waals surface area contributed by atoms with Crippen LogP contribution in [-0.4, -0.2) is 96.0 Å². The van der Waals surface area contributed by atoms with Gasteiger partial charge in [-0.05, 0) is 101 Å². The van der Waals surface area contributed by atoms with E-state index in [0.29, 0.717) is 76.9 Å². The van der Waals surface area contributed by atoms with Crippen molar-refractivity contribution >= 4 is 35.1 Å². The van der Waals surface area contributed by atoms with Crippen molar-refractivity contribution in [2.45, 2.75) is 141 Å². The largest absolute Gasteiger partial charge is 0.481 e. The first-order valence-electron chi connectivity index (χ1n) is 18.4. The number of piperidine rings is 1. The summed E-state index contributed by atoms with van der Waals surface area (Å²) < 4.78 is 29.3. The SMILES string of the molecule is CCCC(=O)OC[C@H]1[C@H](CCCC(=O)O)[C@H](CCCC(=O)O)[C@H](CCCC(=O)O)CN1CCCCCCN(CC1CCCCC1)S(=O)O. The number of ether oxygens (including phenoxy) is 1. The second kappa shape index (κ2) is 24.1. The van der Waals surface area contributed by atoms with Crippen LogP contribution in [0.15, 0.2) is 0 Å². The number of unbranched alkanes of at least 4 members (excludes halogenated alkanes) is 3. The molecule has 0 bridgehead atoms. The van der Waals surface area contributed by atoms with Crippen LogP contribution < -0.4 is 0 Å². The molecule has 0 aromatic carbocycles. The van der Waals surface area contributed by atoms with Gasteiger partial charge in [0, 0.05) is 51.4 Å². The van der Waals surface area contributed by atoms with Crippen molar-refractivity contribution in [1.82, 2.24) is 9.21 Å². The summed E-state index contributed by atoms with van der Waals surface area (Å²) in [6.45, 7) is 4.76. The number of nitrogens with zero attached hydrogens (tertiary/aromatic N) is 2. The highest BCUT2D eigenvalue weighted by molar-refractivity contribution is 7.76. The van der Waals surface area contributed by atoms with Crippen LogP contribution in [-0.2, 0) is 35.2 Å². The second-order valence-electron chi connectivity index (χ2n) is 14.0. The van der Waals surface area contributed by atoms with E-state index in [1.165, 1.54) is 19.3 Å². The monoisotopic (exact) mass is 702 g/mol. The molecule has 0 aromatic rings. The molecule has 0 radical (unpaired) electrons. The third kappa shape index (κ3) is 17.0. The number of rotatable bonds is 26. The van der Waals surface area contributed by atoms with E-state index in [4.69, 9.17) is 4.74 Å². The highest BCUT2D eigenvalue weighted by Crippen LogP contribution is 2.42. The van der Waals surface area contributed by atoms with E-state index in [1.807, 2.05) is 6.92 Å². The van der Waals surface area contributed by atoms with Crippen molar-refractivity contribution in [2.24, 2.45) is 23.7 Å². The van der Waals surface area contributed by atoms with Crippen molar-refractivity contribution in [3.63, 3.8) is 0 Å². The lowest BCUT2D eigenvalue weighted by molar-refractivity contribution is -0.148. The summed E-state index contributed by atoms with van der Waals surface area (Å²) in [7, 11) is 0. The molecule has 0 aromatic heterocycles. The third-order valence-electron chi connectivity index (χ3n) is 10.3. The molecule has 13 heteroatoms. The molecule has 4 N–H and O–H groups in total. The summed E-state index contributed by atoms with van der Waals surface area (Å²) in [5.41, 5.74) is 0. The van der Waals surface area contributed by atoms with E-state index in [-0.39, 0.29) is 55.6 Å². The van der Waals surface area contributed by atoms with E-state index in [9.17, 15) is 43.3 Å². The maximum Gasteiger partial charge on any atom is 0.305 e. The summed E-state index contributed by atoms with van der Waals surface area (Å²) in [6.07, 6.45) is 13.8. The van der Waals surface area contributed by atoms with Crippen LogP contribution in [0.1, 0.15) is 135 Å². The lowest BCUT2D eigenvalue weighted by Crippen LogP contribution is -2.55. The van der Waals surface area contributed by atoms with E-state index in [2.05, 4.69) is 4.90 Å². The van der Waals surface area contributed by atoms with E-state index < -0.39 is 29.2 Å². The molecule has 1 aliphatic heterocycles. The van der Waals surface area contributed by atoms with E-state index in [1.54, 1.807) is 4.31 Å². The molecule has 1 unspecified atom stereocenters. The molecule has 1 heterocycles. The molecule has 2 rings (SSSR count). The van der Waals surface area contributed by atoms with Crippen LogP contribution in [0.4, 0.5) is 0 Å². The first-order valence-corrected chi connectivity index (χ1v) is 19.5. The zero-order chi connectivity index (χ0) is 35.3. The first-order chi connectivity index (χ1) is 23.0. The predicted molar refractivity (Wildman–Crippen MR) is 184 cm³/mol. The molecule has 48 heavy (non-hydrogen) atoms. The van der Waals surface area contributed by atoms with Gasteiger partial charge in [-0.15, -0.1) is 0 Å². The Morgan fingerprint density at radius 2 is 1.35 bits per heavy atom. The van der Waals surface area contributed by atoms with Crippen molar-refractivity contribution in [3.05, 3.63) is 0 Å². The molecule has 1 aliphatic carbocycles. The molecule has 278 valence electrons. The number of carboxylic acid groups (broad SMARTS) is 3. The van der Waals surface area contributed by atoms with Gasteiger partial charge in [-0.2, -0.15) is 0 Å². The molecule has 5 atom stereocenters. The molecule has 0 spiro atoms. The normalized spacial score (nSPS) is 22.8. The molecule has 1 saturated carbocycles. The van der Waals surface area contributed by atoms with E-state index >= 15 is 0 Å². The number of carbonyl (C=O) groups excluding carboxylic acids is 1. The van der Waals surface area contributed by atoms with Crippen LogP contribution in [0.25, 0.3) is 0 Å². The van der Waals surface area contributed by atoms with Gasteiger partial charge >= 0.3 is 23.9 Å². The number of hydrogen-bond acceptors (Lipinski definition) is 7. The number of carbonyl (C=O) groups is 4. The van der Waals surface area contributed by atoms with Crippen LogP contribution >= 0.6 is 0 Å². The fraction of sp³-hybridized carbons (Fsp3) is 0.886. The van der Waals surface area contributed by atoms with Gasteiger partial charge in [0.25, 0.3) is 0 Å². The maximum atomic E-state index is 12.5. The molecule has 2 fully saturated rings. The average molecular weight is 703 g/mol. The number of hydrogen-bond donors (Lipinski definition) is 4. The van der Waals surface area contributed by atoms with Crippen molar-refractivity contribution in [3.8, 4) is 0 Å². The summed E-state index contributed by atoms with van der Waals surface area (Å²) >= 11 is -1.98. The minimum absolute atomic E-state index is 0.0146. The Bertz CT molecular complexity index is 992. The van der Waals surface area contributed by atoms with Crippen molar-refractivity contribution < 1.29 is 48.0 Å². The van der Waals surface area contributed by atoms with Crippen LogP contribution in [0.3, 0.4) is 0 Å². The standard InChI is InChI=1S/C35H62N2O10S/c1-2-13-35(44)47-26-31-30(18-12-21-34(42)43)29(17-11-20-33(40)41)28(16-10-19-32(38)39)25-36(31)22-8-3-4-9-23-37(48(45)46)24-27-14-6-5-7-15-27/h27-31H,2-26H2,1H3,(H,38,39)(H,40,41)(H,42,43)(H,45,46)/t28-,29-,30-,31+/m1/s1. The van der Waals surface area contributed by atoms with Gasteiger partial charge in [0.15, 0.2) is 0 Å². The maximum absolute atomic E-state index is 12.5. The minimum atomic E-state index is -1.98. The Morgan fingerprint density at radius 1 is 0.771 bits per heavy atom. The Balaban J connectivity index is 2.14. The summed E-state index contributed by atoms with van der Waals surface area (Å²) in [4.78, 5) is 49.0. The van der Waals surface area contributed by atoms with Gasteiger partial charge in [-0.25, -0.2) is 8.51 Å². The molecule has 1 saturated heterocycles. The summed E-state index contributed by atoms with van der Waals surface area (Å²) in [6, 6.07) is -0.145. The van der Waals surface area contributed by atoms with Crippen molar-refractivity contribution in [2.75, 3.05) is 32.8 Å².